The number of benzene rings is 2. The molecule has 1 N–H and O–H groups in total. The fourth-order valence-corrected chi connectivity index (χ4v) is 3.43. The zero-order chi connectivity index (χ0) is 18.8. The first kappa shape index (κ1) is 19.1. The average Bonchev–Trinajstić information content (AvgIpc) is 2.53. The number of hydrogen-bond acceptors (Lipinski definition) is 3. The second-order valence-corrected chi connectivity index (χ2v) is 8.06. The summed E-state index contributed by atoms with van der Waals surface area (Å²) in [7, 11) is -2.45. The predicted molar refractivity (Wildman–Crippen MR) is 95.5 cm³/mol. The molecule has 2 rings (SSSR count). The van der Waals surface area contributed by atoms with Crippen LogP contribution < -0.4 is 5.32 Å². The second kappa shape index (κ2) is 7.33. The van der Waals surface area contributed by atoms with Crippen molar-refractivity contribution in [1.82, 2.24) is 4.31 Å². The quantitative estimate of drug-likeness (QED) is 0.887. The molecule has 0 aliphatic carbocycles. The van der Waals surface area contributed by atoms with Crippen LogP contribution in [0.15, 0.2) is 41.3 Å². The van der Waals surface area contributed by atoms with Crippen molar-refractivity contribution in [3.63, 3.8) is 0 Å². The van der Waals surface area contributed by atoms with Gasteiger partial charge >= 0.3 is 0 Å². The lowest BCUT2D eigenvalue weighted by Crippen LogP contribution is -2.35. The zero-order valence-corrected chi connectivity index (χ0v) is 15.4. The third kappa shape index (κ3) is 4.43. The summed E-state index contributed by atoms with van der Waals surface area (Å²) >= 11 is 0. The number of sulfonamides is 1. The Hall–Kier alpha value is -2.25. The van der Waals surface area contributed by atoms with E-state index in [2.05, 4.69) is 5.32 Å². The lowest BCUT2D eigenvalue weighted by molar-refractivity contribution is -0.116. The molecule has 2 aromatic rings. The molecule has 25 heavy (non-hydrogen) atoms. The number of carbonyl (C=O) groups excluding carboxylic acids is 1. The first-order valence-electron chi connectivity index (χ1n) is 7.71. The van der Waals surface area contributed by atoms with Crippen molar-refractivity contribution in [2.45, 2.75) is 25.7 Å². The van der Waals surface area contributed by atoms with Crippen molar-refractivity contribution in [3.05, 3.63) is 58.9 Å². The van der Waals surface area contributed by atoms with E-state index in [-0.39, 0.29) is 17.1 Å². The molecule has 0 aliphatic rings. The molecule has 0 aromatic heterocycles. The Morgan fingerprint density at radius 3 is 2.28 bits per heavy atom. The molecular weight excluding hydrogens is 343 g/mol. The Kier molecular flexibility index (Phi) is 5.59. The molecule has 0 aliphatic heterocycles. The van der Waals surface area contributed by atoms with Gasteiger partial charge in [0.1, 0.15) is 5.82 Å². The van der Waals surface area contributed by atoms with E-state index in [4.69, 9.17) is 0 Å². The molecule has 0 spiro atoms. The van der Waals surface area contributed by atoms with Crippen LogP contribution in [0.3, 0.4) is 0 Å². The smallest absolute Gasteiger partial charge is 0.243 e. The number of anilines is 1. The topological polar surface area (TPSA) is 66.5 Å². The van der Waals surface area contributed by atoms with Gasteiger partial charge in [0.05, 0.1) is 11.4 Å². The van der Waals surface area contributed by atoms with Gasteiger partial charge in [-0.2, -0.15) is 4.31 Å². The summed E-state index contributed by atoms with van der Waals surface area (Å²) in [5.41, 5.74) is 2.59. The number of aryl methyl sites for hydroxylation is 3. The van der Waals surface area contributed by atoms with E-state index < -0.39 is 21.7 Å². The largest absolute Gasteiger partial charge is 0.325 e. The Bertz CT molecular complexity index is 911. The van der Waals surface area contributed by atoms with E-state index in [1.54, 1.807) is 31.2 Å². The van der Waals surface area contributed by atoms with Crippen molar-refractivity contribution < 1.29 is 17.6 Å². The normalized spacial score (nSPS) is 11.6. The summed E-state index contributed by atoms with van der Waals surface area (Å²) in [6.07, 6.45) is 0. The van der Waals surface area contributed by atoms with Crippen LogP contribution in [0.5, 0.6) is 0 Å². The molecule has 0 unspecified atom stereocenters. The van der Waals surface area contributed by atoms with Crippen LogP contribution in [0.2, 0.25) is 0 Å². The number of nitrogens with one attached hydrogen (secondary N) is 1. The highest BCUT2D eigenvalue weighted by atomic mass is 32.2. The van der Waals surface area contributed by atoms with E-state index in [0.29, 0.717) is 5.56 Å². The molecule has 5 nitrogen and oxygen atoms in total. The third-order valence-electron chi connectivity index (χ3n) is 4.01. The number of nitrogens with zero attached hydrogens (tertiary/aromatic N) is 1. The van der Waals surface area contributed by atoms with E-state index in [9.17, 15) is 17.6 Å². The number of rotatable bonds is 5. The lowest BCUT2D eigenvalue weighted by Gasteiger charge is -2.17. The number of amides is 1. The van der Waals surface area contributed by atoms with Gasteiger partial charge in [-0.15, -0.1) is 0 Å². The van der Waals surface area contributed by atoms with Gasteiger partial charge in [0.2, 0.25) is 15.9 Å². The summed E-state index contributed by atoms with van der Waals surface area (Å²) in [5, 5.41) is 2.50. The molecular formula is C18H21FN2O3S. The molecule has 0 bridgehead atoms. The summed E-state index contributed by atoms with van der Waals surface area (Å²) in [4.78, 5) is 12.2. The van der Waals surface area contributed by atoms with Gasteiger partial charge in [-0.1, -0.05) is 12.1 Å². The van der Waals surface area contributed by atoms with Gasteiger partial charge in [-0.05, 0) is 61.7 Å². The molecule has 7 heteroatoms. The van der Waals surface area contributed by atoms with Crippen molar-refractivity contribution in [2.24, 2.45) is 0 Å². The van der Waals surface area contributed by atoms with E-state index in [1.165, 1.54) is 19.2 Å². The standard InChI is InChI=1S/C18H21FN2O3S/c1-12-6-8-16(9-14(12)3)25(23,24)21(4)11-18(22)20-15-7-5-13(2)17(19)10-15/h5-10H,11H2,1-4H3,(H,20,22). The number of hydrogen-bond donors (Lipinski definition) is 1. The fourth-order valence-electron chi connectivity index (χ4n) is 2.21. The first-order chi connectivity index (χ1) is 11.6. The number of halogens is 1. The Balaban J connectivity index is 2.11. The van der Waals surface area contributed by atoms with Crippen molar-refractivity contribution in [1.29, 1.82) is 0 Å². The maximum Gasteiger partial charge on any atom is 0.243 e. The molecule has 0 atom stereocenters. The summed E-state index contributed by atoms with van der Waals surface area (Å²) in [6, 6.07) is 9.13. The Labute approximate surface area is 147 Å². The average molecular weight is 364 g/mol. The maximum atomic E-state index is 13.5. The molecule has 134 valence electrons. The molecule has 0 saturated heterocycles. The van der Waals surface area contributed by atoms with Gasteiger partial charge < -0.3 is 5.32 Å². The minimum Gasteiger partial charge on any atom is -0.325 e. The fraction of sp³-hybridized carbons (Fsp3) is 0.278. The van der Waals surface area contributed by atoms with Gasteiger partial charge in [0.25, 0.3) is 0 Å². The van der Waals surface area contributed by atoms with E-state index in [1.807, 2.05) is 13.8 Å². The van der Waals surface area contributed by atoms with Gasteiger partial charge in [-0.25, -0.2) is 12.8 Å². The van der Waals surface area contributed by atoms with Crippen LogP contribution in [-0.4, -0.2) is 32.2 Å². The third-order valence-corrected chi connectivity index (χ3v) is 5.81. The van der Waals surface area contributed by atoms with Gasteiger partial charge in [0, 0.05) is 12.7 Å². The van der Waals surface area contributed by atoms with E-state index in [0.717, 1.165) is 15.4 Å². The highest BCUT2D eigenvalue weighted by Crippen LogP contribution is 2.18. The maximum absolute atomic E-state index is 13.5. The minimum absolute atomic E-state index is 0.132. The summed E-state index contributed by atoms with van der Waals surface area (Å²) < 4.78 is 39.6. The molecule has 1 amide bonds. The lowest BCUT2D eigenvalue weighted by atomic mass is 10.1. The highest BCUT2D eigenvalue weighted by molar-refractivity contribution is 7.89. The SMILES string of the molecule is Cc1ccc(S(=O)(=O)N(C)CC(=O)Nc2ccc(C)c(F)c2)cc1C. The molecule has 0 fully saturated rings. The molecule has 0 saturated carbocycles. The number of carbonyl (C=O) groups is 1. The molecule has 0 heterocycles. The Morgan fingerprint density at radius 1 is 1.04 bits per heavy atom. The van der Waals surface area contributed by atoms with Crippen LogP contribution in [0.1, 0.15) is 16.7 Å². The zero-order valence-electron chi connectivity index (χ0n) is 14.6. The van der Waals surface area contributed by atoms with Crippen LogP contribution in [0, 0.1) is 26.6 Å². The van der Waals surface area contributed by atoms with Crippen LogP contribution in [0.4, 0.5) is 10.1 Å². The summed E-state index contributed by atoms with van der Waals surface area (Å²) in [6.45, 7) is 4.96. The van der Waals surface area contributed by atoms with Crippen LogP contribution in [-0.2, 0) is 14.8 Å². The van der Waals surface area contributed by atoms with Gasteiger partial charge in [0.15, 0.2) is 0 Å². The Morgan fingerprint density at radius 2 is 1.68 bits per heavy atom. The highest BCUT2D eigenvalue weighted by Gasteiger charge is 2.23. The first-order valence-corrected chi connectivity index (χ1v) is 9.15. The van der Waals surface area contributed by atoms with Crippen molar-refractivity contribution >= 4 is 21.6 Å². The predicted octanol–water partition coefficient (Wildman–Crippen LogP) is 3.01. The monoisotopic (exact) mass is 364 g/mol. The van der Waals surface area contributed by atoms with Crippen LogP contribution >= 0.6 is 0 Å². The molecule has 0 radical (unpaired) electrons. The minimum atomic E-state index is -3.78. The molecule has 2 aromatic carbocycles. The summed E-state index contributed by atoms with van der Waals surface area (Å²) in [5.74, 6) is -0.980. The van der Waals surface area contributed by atoms with Crippen molar-refractivity contribution in [3.8, 4) is 0 Å². The van der Waals surface area contributed by atoms with Crippen molar-refractivity contribution in [2.75, 3.05) is 18.9 Å². The van der Waals surface area contributed by atoms with E-state index >= 15 is 0 Å². The number of likely N-dealkylation sites (N-methyl/N-ethyl adjacent to an activating group) is 1. The second-order valence-electron chi connectivity index (χ2n) is 6.02. The van der Waals surface area contributed by atoms with Gasteiger partial charge in [-0.3, -0.25) is 4.79 Å². The van der Waals surface area contributed by atoms with Crippen LogP contribution in [0.25, 0.3) is 0 Å².